The molecule has 0 fully saturated rings. The molecule has 0 atom stereocenters. The number of guanidine groups is 1. The predicted octanol–water partition coefficient (Wildman–Crippen LogP) is 3.01. The van der Waals surface area contributed by atoms with E-state index in [1.165, 1.54) is 27.6 Å². The van der Waals surface area contributed by atoms with E-state index in [0.29, 0.717) is 0 Å². The molecule has 3 aromatic rings. The number of H-pyrrole nitrogens is 1. The minimum absolute atomic E-state index is 0. The van der Waals surface area contributed by atoms with E-state index in [1.807, 2.05) is 24.0 Å². The molecule has 6 nitrogen and oxygen atoms in total. The fraction of sp³-hybridized carbons (Fsp3) is 0.368. The van der Waals surface area contributed by atoms with E-state index in [4.69, 9.17) is 0 Å². The third kappa shape index (κ3) is 5.00. The van der Waals surface area contributed by atoms with Crippen molar-refractivity contribution in [3.8, 4) is 0 Å². The number of halogens is 1. The second kappa shape index (κ2) is 9.61. The molecule has 0 aliphatic carbocycles. The van der Waals surface area contributed by atoms with Gasteiger partial charge in [0.1, 0.15) is 0 Å². The number of hydrogen-bond donors (Lipinski definition) is 3. The molecular formula is C19H27IN6. The summed E-state index contributed by atoms with van der Waals surface area (Å²) >= 11 is 0. The van der Waals surface area contributed by atoms with E-state index in [9.17, 15) is 0 Å². The Morgan fingerprint density at radius 2 is 2.04 bits per heavy atom. The summed E-state index contributed by atoms with van der Waals surface area (Å²) in [6, 6.07) is 6.37. The Bertz CT molecular complexity index is 864. The number of aromatic amines is 1. The molecule has 2 aromatic heterocycles. The fourth-order valence-electron chi connectivity index (χ4n) is 3.06. The van der Waals surface area contributed by atoms with Crippen LogP contribution in [0.4, 0.5) is 0 Å². The van der Waals surface area contributed by atoms with Gasteiger partial charge >= 0.3 is 0 Å². The lowest BCUT2D eigenvalue weighted by Gasteiger charge is -2.12. The average molecular weight is 466 g/mol. The van der Waals surface area contributed by atoms with Crippen LogP contribution in [-0.2, 0) is 13.0 Å². The lowest BCUT2D eigenvalue weighted by molar-refractivity contribution is 0.597. The number of nitrogens with zero attached hydrogens (tertiary/aromatic N) is 3. The van der Waals surface area contributed by atoms with Crippen LogP contribution in [-0.4, -0.2) is 40.9 Å². The van der Waals surface area contributed by atoms with Gasteiger partial charge in [-0.2, -0.15) is 5.10 Å². The van der Waals surface area contributed by atoms with Crippen LogP contribution in [0.5, 0.6) is 0 Å². The summed E-state index contributed by atoms with van der Waals surface area (Å²) < 4.78 is 1.93. The van der Waals surface area contributed by atoms with E-state index in [1.54, 1.807) is 7.05 Å². The highest BCUT2D eigenvalue weighted by atomic mass is 127. The fourth-order valence-corrected chi connectivity index (χ4v) is 3.06. The standard InChI is InChI=1S/C19H26N6.HI/c1-14-11-24-25(13-14)10-9-22-19(20-3)21-8-7-16-12-23-17-6-4-5-15(2)18(16)17;/h4-6,11-13,23H,7-10H2,1-3H3,(H2,20,21,22);1H. The summed E-state index contributed by atoms with van der Waals surface area (Å²) in [5.41, 5.74) is 5.03. The molecule has 0 amide bonds. The summed E-state index contributed by atoms with van der Waals surface area (Å²) in [5, 5.41) is 12.3. The molecule has 0 radical (unpaired) electrons. The third-order valence-electron chi connectivity index (χ3n) is 4.30. The van der Waals surface area contributed by atoms with Gasteiger partial charge in [-0.25, -0.2) is 0 Å². The van der Waals surface area contributed by atoms with Crippen LogP contribution in [0.2, 0.25) is 0 Å². The van der Waals surface area contributed by atoms with Crippen molar-refractivity contribution < 1.29 is 0 Å². The summed E-state index contributed by atoms with van der Waals surface area (Å²) in [5.74, 6) is 0.820. The number of aromatic nitrogens is 3. The molecule has 1 aromatic carbocycles. The van der Waals surface area contributed by atoms with Crippen LogP contribution in [0.3, 0.4) is 0 Å². The van der Waals surface area contributed by atoms with Crippen molar-refractivity contribution in [3.05, 3.63) is 53.5 Å². The Morgan fingerprint density at radius 1 is 1.23 bits per heavy atom. The average Bonchev–Trinajstić information content (AvgIpc) is 3.20. The van der Waals surface area contributed by atoms with Crippen LogP contribution in [0.15, 0.2) is 41.8 Å². The Balaban J connectivity index is 0.00000243. The van der Waals surface area contributed by atoms with Gasteiger partial charge in [-0.05, 0) is 43.0 Å². The maximum atomic E-state index is 4.28. The molecule has 3 N–H and O–H groups in total. The first-order valence-corrected chi connectivity index (χ1v) is 8.66. The minimum Gasteiger partial charge on any atom is -0.361 e. The topological polar surface area (TPSA) is 70.0 Å². The highest BCUT2D eigenvalue weighted by Crippen LogP contribution is 2.22. The molecule has 26 heavy (non-hydrogen) atoms. The second-order valence-corrected chi connectivity index (χ2v) is 6.27. The minimum atomic E-state index is 0. The number of nitrogens with one attached hydrogen (secondary N) is 3. The van der Waals surface area contributed by atoms with Gasteiger partial charge in [0.15, 0.2) is 5.96 Å². The molecule has 0 aliphatic heterocycles. The van der Waals surface area contributed by atoms with Gasteiger partial charge in [0, 0.05) is 43.4 Å². The molecule has 140 valence electrons. The predicted molar refractivity (Wildman–Crippen MR) is 118 cm³/mol. The monoisotopic (exact) mass is 466 g/mol. The molecule has 0 unspecified atom stereocenters. The zero-order chi connectivity index (χ0) is 17.6. The second-order valence-electron chi connectivity index (χ2n) is 6.27. The van der Waals surface area contributed by atoms with Crippen molar-refractivity contribution in [1.29, 1.82) is 0 Å². The summed E-state index contributed by atoms with van der Waals surface area (Å²) in [4.78, 5) is 7.63. The first-order valence-electron chi connectivity index (χ1n) is 8.66. The molecule has 0 bridgehead atoms. The van der Waals surface area contributed by atoms with E-state index in [2.05, 4.69) is 57.0 Å². The van der Waals surface area contributed by atoms with E-state index >= 15 is 0 Å². The van der Waals surface area contributed by atoms with Crippen LogP contribution >= 0.6 is 24.0 Å². The number of benzene rings is 1. The van der Waals surface area contributed by atoms with E-state index in [0.717, 1.165) is 32.0 Å². The Morgan fingerprint density at radius 3 is 2.77 bits per heavy atom. The SMILES string of the molecule is CN=C(NCCc1c[nH]c2cccc(C)c12)NCCn1cc(C)cn1.I. The molecule has 0 spiro atoms. The van der Waals surface area contributed by atoms with Gasteiger partial charge < -0.3 is 15.6 Å². The molecule has 0 aliphatic rings. The van der Waals surface area contributed by atoms with Crippen molar-refractivity contribution in [3.63, 3.8) is 0 Å². The van der Waals surface area contributed by atoms with Crippen molar-refractivity contribution in [1.82, 2.24) is 25.4 Å². The van der Waals surface area contributed by atoms with Crippen LogP contribution < -0.4 is 10.6 Å². The number of aryl methyl sites for hydroxylation is 2. The maximum absolute atomic E-state index is 4.28. The number of fused-ring (bicyclic) bond motifs is 1. The van der Waals surface area contributed by atoms with Crippen LogP contribution in [0, 0.1) is 13.8 Å². The third-order valence-corrected chi connectivity index (χ3v) is 4.30. The van der Waals surface area contributed by atoms with Gasteiger partial charge in [-0.15, -0.1) is 24.0 Å². The first kappa shape index (κ1) is 20.3. The maximum Gasteiger partial charge on any atom is 0.191 e. The van der Waals surface area contributed by atoms with Crippen molar-refractivity contribution in [2.45, 2.75) is 26.8 Å². The van der Waals surface area contributed by atoms with Gasteiger partial charge in [0.05, 0.1) is 12.7 Å². The van der Waals surface area contributed by atoms with Gasteiger partial charge in [-0.3, -0.25) is 9.67 Å². The smallest absolute Gasteiger partial charge is 0.191 e. The van der Waals surface area contributed by atoms with Crippen molar-refractivity contribution in [2.75, 3.05) is 20.1 Å². The molecular weight excluding hydrogens is 439 g/mol. The summed E-state index contributed by atoms with van der Waals surface area (Å²) in [6.45, 7) is 6.64. The lowest BCUT2D eigenvalue weighted by atomic mass is 10.1. The normalized spacial score (nSPS) is 11.4. The summed E-state index contributed by atoms with van der Waals surface area (Å²) in [6.07, 6.45) is 6.97. The molecule has 7 heteroatoms. The van der Waals surface area contributed by atoms with Crippen LogP contribution in [0.1, 0.15) is 16.7 Å². The van der Waals surface area contributed by atoms with Crippen LogP contribution in [0.25, 0.3) is 10.9 Å². The number of rotatable bonds is 6. The summed E-state index contributed by atoms with van der Waals surface area (Å²) in [7, 11) is 1.79. The lowest BCUT2D eigenvalue weighted by Crippen LogP contribution is -2.39. The highest BCUT2D eigenvalue weighted by molar-refractivity contribution is 14.0. The largest absolute Gasteiger partial charge is 0.361 e. The van der Waals surface area contributed by atoms with E-state index in [-0.39, 0.29) is 24.0 Å². The van der Waals surface area contributed by atoms with Gasteiger partial charge in [-0.1, -0.05) is 12.1 Å². The van der Waals surface area contributed by atoms with Gasteiger partial charge in [0.25, 0.3) is 0 Å². The molecule has 0 saturated heterocycles. The molecule has 3 rings (SSSR count). The van der Waals surface area contributed by atoms with Gasteiger partial charge in [0.2, 0.25) is 0 Å². The Hall–Kier alpha value is -2.03. The molecule has 2 heterocycles. The number of hydrogen-bond acceptors (Lipinski definition) is 2. The van der Waals surface area contributed by atoms with E-state index < -0.39 is 0 Å². The highest BCUT2D eigenvalue weighted by Gasteiger charge is 2.06. The number of aliphatic imine (C=N–C) groups is 1. The Kier molecular flexibility index (Phi) is 7.50. The quantitative estimate of drug-likeness (QED) is 0.297. The zero-order valence-corrected chi connectivity index (χ0v) is 17.9. The molecule has 0 saturated carbocycles. The Labute approximate surface area is 171 Å². The van der Waals surface area contributed by atoms with Crippen molar-refractivity contribution in [2.24, 2.45) is 4.99 Å². The van der Waals surface area contributed by atoms with Crippen molar-refractivity contribution >= 4 is 40.8 Å². The first-order chi connectivity index (χ1) is 12.2. The zero-order valence-electron chi connectivity index (χ0n) is 15.5.